The second kappa shape index (κ2) is 9.87. The Balaban J connectivity index is 1.93. The third-order valence-corrected chi connectivity index (χ3v) is 7.16. The van der Waals surface area contributed by atoms with Gasteiger partial charge in [-0.3, -0.25) is 4.90 Å². The zero-order valence-electron chi connectivity index (χ0n) is 20.2. The van der Waals surface area contributed by atoms with Crippen molar-refractivity contribution in [1.82, 2.24) is 15.2 Å². The second-order valence-corrected chi connectivity index (χ2v) is 10.6. The lowest BCUT2D eigenvalue weighted by molar-refractivity contribution is -0.137. The van der Waals surface area contributed by atoms with Crippen molar-refractivity contribution in [2.45, 2.75) is 23.7 Å². The van der Waals surface area contributed by atoms with Gasteiger partial charge in [-0.1, -0.05) is 12.1 Å². The number of amides is 4. The van der Waals surface area contributed by atoms with Gasteiger partial charge in [-0.05, 0) is 35.9 Å². The number of halogens is 3. The van der Waals surface area contributed by atoms with Crippen molar-refractivity contribution in [2.75, 3.05) is 17.7 Å². The monoisotopic (exact) mass is 562 g/mol. The summed E-state index contributed by atoms with van der Waals surface area (Å²) in [5, 5.41) is 25.3. The summed E-state index contributed by atoms with van der Waals surface area (Å²) in [5.74, 6) is -0.443. The van der Waals surface area contributed by atoms with Gasteiger partial charge in [0.05, 0.1) is 45.1 Å². The van der Waals surface area contributed by atoms with Crippen LogP contribution in [0.3, 0.4) is 0 Å². The number of sulfone groups is 1. The van der Waals surface area contributed by atoms with E-state index in [4.69, 9.17) is 5.73 Å². The first-order valence-electron chi connectivity index (χ1n) is 11.2. The summed E-state index contributed by atoms with van der Waals surface area (Å²) >= 11 is 0. The molecule has 1 aromatic heterocycles. The number of benzene rings is 2. The van der Waals surface area contributed by atoms with E-state index in [2.05, 4.69) is 10.6 Å². The highest BCUT2D eigenvalue weighted by Gasteiger charge is 2.40. The molecule has 4 rings (SSSR count). The maximum absolute atomic E-state index is 13.4. The lowest BCUT2D eigenvalue weighted by atomic mass is 9.96. The van der Waals surface area contributed by atoms with Crippen LogP contribution in [0.5, 0.6) is 5.88 Å². The lowest BCUT2D eigenvalue weighted by Gasteiger charge is -2.34. The molecule has 3 aromatic rings. The number of alkyl halides is 3. The molecule has 1 atom stereocenters. The van der Waals surface area contributed by atoms with Gasteiger partial charge in [-0.2, -0.15) is 18.4 Å². The lowest BCUT2D eigenvalue weighted by Crippen LogP contribution is -2.44. The Bertz CT molecular complexity index is 1630. The number of nitriles is 1. The van der Waals surface area contributed by atoms with Gasteiger partial charge in [0.25, 0.3) is 0 Å². The molecule has 2 aromatic carbocycles. The Hall–Kier alpha value is -4.71. The molecule has 1 unspecified atom stereocenters. The molecule has 11 nitrogen and oxygen atoms in total. The molecule has 15 heteroatoms. The van der Waals surface area contributed by atoms with Crippen LogP contribution in [0.1, 0.15) is 28.3 Å². The number of hydrogen-bond donors (Lipinski definition) is 4. The van der Waals surface area contributed by atoms with Crippen LogP contribution >= 0.6 is 0 Å². The van der Waals surface area contributed by atoms with Crippen LogP contribution in [0.15, 0.2) is 53.6 Å². The SMILES string of the molecule is CS(=O)(=O)c1cc(C#N)ccc1C1NC(=O)N(c2cccc(C(F)(F)F)c2)c2cn(CCNC(N)=O)c(O)c21. The molecule has 1 aliphatic rings. The van der Waals surface area contributed by atoms with Gasteiger partial charge in [0.1, 0.15) is 0 Å². The smallest absolute Gasteiger partial charge is 0.416 e. The van der Waals surface area contributed by atoms with E-state index in [0.717, 1.165) is 35.4 Å². The van der Waals surface area contributed by atoms with Crippen LogP contribution < -0.4 is 21.3 Å². The predicted molar refractivity (Wildman–Crippen MR) is 132 cm³/mol. The van der Waals surface area contributed by atoms with Crippen LogP contribution in [0.4, 0.5) is 34.1 Å². The first-order chi connectivity index (χ1) is 18.2. The molecule has 0 bridgehead atoms. The van der Waals surface area contributed by atoms with E-state index in [-0.39, 0.29) is 46.1 Å². The summed E-state index contributed by atoms with van der Waals surface area (Å²) in [7, 11) is -3.94. The van der Waals surface area contributed by atoms with Gasteiger partial charge < -0.3 is 26.0 Å². The van der Waals surface area contributed by atoms with E-state index in [1.807, 2.05) is 6.07 Å². The van der Waals surface area contributed by atoms with Gasteiger partial charge in [0.15, 0.2) is 15.7 Å². The molecule has 0 radical (unpaired) electrons. The van der Waals surface area contributed by atoms with Crippen molar-refractivity contribution in [2.24, 2.45) is 5.73 Å². The van der Waals surface area contributed by atoms with E-state index in [1.54, 1.807) is 0 Å². The molecule has 0 fully saturated rings. The number of anilines is 2. The first-order valence-corrected chi connectivity index (χ1v) is 13.1. The largest absolute Gasteiger partial charge is 0.494 e. The Morgan fingerprint density at radius 1 is 1.26 bits per heavy atom. The summed E-state index contributed by atoms with van der Waals surface area (Å²) in [5.41, 5.74) is 3.92. The topological polar surface area (TPSA) is 171 Å². The number of hydrogen-bond acceptors (Lipinski definition) is 6. The number of aromatic hydroxyl groups is 1. The maximum Gasteiger partial charge on any atom is 0.416 e. The molecule has 0 saturated carbocycles. The Labute approximate surface area is 220 Å². The molecular weight excluding hydrogens is 541 g/mol. The predicted octanol–water partition coefficient (Wildman–Crippen LogP) is 3.11. The molecule has 204 valence electrons. The van der Waals surface area contributed by atoms with Crippen molar-refractivity contribution in [3.05, 3.63) is 70.9 Å². The van der Waals surface area contributed by atoms with Crippen molar-refractivity contribution >= 4 is 33.3 Å². The number of carbonyl (C=O) groups is 2. The molecule has 39 heavy (non-hydrogen) atoms. The number of rotatable bonds is 6. The number of nitrogens with zero attached hydrogens (tertiary/aromatic N) is 3. The number of primary amides is 1. The van der Waals surface area contributed by atoms with Gasteiger partial charge in [-0.25, -0.2) is 18.0 Å². The normalized spacial score (nSPS) is 15.3. The van der Waals surface area contributed by atoms with Crippen LogP contribution in [0.2, 0.25) is 0 Å². The number of aromatic nitrogens is 1. The number of urea groups is 2. The van der Waals surface area contributed by atoms with Crippen molar-refractivity contribution in [3.8, 4) is 11.9 Å². The van der Waals surface area contributed by atoms with Crippen LogP contribution in [0.25, 0.3) is 0 Å². The number of fused-ring (bicyclic) bond motifs is 1. The van der Waals surface area contributed by atoms with Gasteiger partial charge in [0, 0.05) is 25.5 Å². The summed E-state index contributed by atoms with van der Waals surface area (Å²) in [4.78, 5) is 25.1. The van der Waals surface area contributed by atoms with Crippen LogP contribution in [-0.2, 0) is 22.6 Å². The average molecular weight is 563 g/mol. The minimum absolute atomic E-state index is 0.0132. The molecule has 4 amide bonds. The fourth-order valence-electron chi connectivity index (χ4n) is 4.32. The zero-order chi connectivity index (χ0) is 28.7. The minimum Gasteiger partial charge on any atom is -0.494 e. The van der Waals surface area contributed by atoms with Crippen molar-refractivity contribution in [3.63, 3.8) is 0 Å². The Morgan fingerprint density at radius 2 is 1.97 bits per heavy atom. The van der Waals surface area contributed by atoms with E-state index >= 15 is 0 Å². The highest BCUT2D eigenvalue weighted by molar-refractivity contribution is 7.90. The fourth-order valence-corrected chi connectivity index (χ4v) is 5.27. The second-order valence-electron chi connectivity index (χ2n) is 8.64. The summed E-state index contributed by atoms with van der Waals surface area (Å²) < 4.78 is 66.7. The van der Waals surface area contributed by atoms with Gasteiger partial charge >= 0.3 is 18.2 Å². The molecule has 0 saturated heterocycles. The summed E-state index contributed by atoms with van der Waals surface area (Å²) in [6.45, 7) is -0.0943. The molecular formula is C24H21F3N6O5S. The van der Waals surface area contributed by atoms with Crippen molar-refractivity contribution < 1.29 is 36.3 Å². The highest BCUT2D eigenvalue weighted by Crippen LogP contribution is 2.46. The molecule has 0 spiro atoms. The fraction of sp³-hybridized carbons (Fsp3) is 0.208. The average Bonchev–Trinajstić information content (AvgIpc) is 3.17. The number of nitrogens with two attached hydrogens (primary N) is 1. The molecule has 5 N–H and O–H groups in total. The Kier molecular flexibility index (Phi) is 6.92. The zero-order valence-corrected chi connectivity index (χ0v) is 21.0. The van der Waals surface area contributed by atoms with Crippen LogP contribution in [0, 0.1) is 11.3 Å². The third-order valence-electron chi connectivity index (χ3n) is 6.00. The van der Waals surface area contributed by atoms with Gasteiger partial charge in [-0.15, -0.1) is 0 Å². The van der Waals surface area contributed by atoms with E-state index in [1.165, 1.54) is 29.0 Å². The summed E-state index contributed by atoms with van der Waals surface area (Å²) in [6, 6.07) is 6.60. The summed E-state index contributed by atoms with van der Waals surface area (Å²) in [6.07, 6.45) is -2.49. The van der Waals surface area contributed by atoms with Gasteiger partial charge in [0.2, 0.25) is 0 Å². The van der Waals surface area contributed by atoms with Crippen LogP contribution in [-0.4, -0.2) is 43.0 Å². The number of nitrogens with one attached hydrogen (secondary N) is 2. The first kappa shape index (κ1) is 27.3. The van der Waals surface area contributed by atoms with Crippen molar-refractivity contribution in [1.29, 1.82) is 5.26 Å². The third kappa shape index (κ3) is 5.32. The van der Waals surface area contributed by atoms with E-state index < -0.39 is 45.6 Å². The molecule has 2 heterocycles. The number of carbonyl (C=O) groups excluding carboxylic acids is 2. The quantitative estimate of drug-likeness (QED) is 0.360. The molecule has 1 aliphatic heterocycles. The molecule has 0 aliphatic carbocycles. The van der Waals surface area contributed by atoms with E-state index in [0.29, 0.717) is 0 Å². The van der Waals surface area contributed by atoms with E-state index in [9.17, 15) is 41.5 Å². The Morgan fingerprint density at radius 3 is 2.59 bits per heavy atom. The maximum atomic E-state index is 13.4. The highest BCUT2D eigenvalue weighted by atomic mass is 32.2. The standard InChI is InChI=1S/C24H21F3N6O5S/c1-39(37,38)18-9-13(11-28)5-6-16(18)20-19-17(12-32(21(19)34)8-7-30-22(29)35)33(23(36)31-20)15-4-2-3-14(10-15)24(25,26)27/h2-6,9-10,12,20,34H,7-8H2,1H3,(H,31,36)(H3,29,30,35). The minimum atomic E-state index is -4.70.